The number of aliphatic hydroxyl groups is 1. The maximum atomic E-state index is 12.6. The summed E-state index contributed by atoms with van der Waals surface area (Å²) in [6.07, 6.45) is -0.659. The lowest BCUT2D eigenvalue weighted by Gasteiger charge is -2.07. The minimum absolute atomic E-state index is 0.0184. The highest BCUT2D eigenvalue weighted by molar-refractivity contribution is 7.19. The highest BCUT2D eigenvalue weighted by Gasteiger charge is 2.21. The first-order valence-corrected chi connectivity index (χ1v) is 7.62. The van der Waals surface area contributed by atoms with Crippen LogP contribution in [0, 0.1) is 13.8 Å². The molecular formula is C17H16O3S. The Labute approximate surface area is 126 Å². The van der Waals surface area contributed by atoms with E-state index in [2.05, 4.69) is 0 Å². The summed E-state index contributed by atoms with van der Waals surface area (Å²) >= 11 is 1.39. The van der Waals surface area contributed by atoms with Crippen molar-refractivity contribution in [3.8, 4) is 11.3 Å². The van der Waals surface area contributed by atoms with Gasteiger partial charge in [-0.2, -0.15) is 0 Å². The van der Waals surface area contributed by atoms with Crippen LogP contribution in [0.3, 0.4) is 0 Å². The number of benzene rings is 1. The lowest BCUT2D eigenvalue weighted by molar-refractivity contribution is 0.199. The average Bonchev–Trinajstić information content (AvgIpc) is 2.80. The number of aliphatic hydroxyl groups excluding tert-OH is 1. The molecule has 0 bridgehead atoms. The molecule has 3 rings (SSSR count). The molecule has 0 saturated heterocycles. The van der Waals surface area contributed by atoms with Crippen LogP contribution in [0.2, 0.25) is 0 Å². The minimum Gasteiger partial charge on any atom is -0.454 e. The molecule has 1 unspecified atom stereocenters. The molecule has 0 aliphatic heterocycles. The van der Waals surface area contributed by atoms with Crippen molar-refractivity contribution in [1.82, 2.24) is 0 Å². The van der Waals surface area contributed by atoms with Crippen LogP contribution in [0.1, 0.15) is 29.0 Å². The molecule has 1 aromatic carbocycles. The van der Waals surface area contributed by atoms with Gasteiger partial charge in [-0.15, -0.1) is 11.3 Å². The molecule has 0 spiro atoms. The van der Waals surface area contributed by atoms with Crippen molar-refractivity contribution in [2.45, 2.75) is 26.9 Å². The van der Waals surface area contributed by atoms with Gasteiger partial charge in [0.2, 0.25) is 5.43 Å². The first-order chi connectivity index (χ1) is 10.0. The second kappa shape index (κ2) is 5.13. The fourth-order valence-corrected chi connectivity index (χ4v) is 3.76. The Bertz CT molecular complexity index is 857. The topological polar surface area (TPSA) is 50.4 Å². The van der Waals surface area contributed by atoms with Crippen LogP contribution in [0.25, 0.3) is 21.6 Å². The van der Waals surface area contributed by atoms with Gasteiger partial charge in [0, 0.05) is 21.6 Å². The molecule has 21 heavy (non-hydrogen) atoms. The van der Waals surface area contributed by atoms with Crippen LogP contribution in [0.15, 0.2) is 39.5 Å². The summed E-state index contributed by atoms with van der Waals surface area (Å²) in [5, 5.41) is 9.96. The Morgan fingerprint density at radius 2 is 1.86 bits per heavy atom. The van der Waals surface area contributed by atoms with Crippen molar-refractivity contribution in [1.29, 1.82) is 0 Å². The van der Waals surface area contributed by atoms with E-state index in [0.717, 1.165) is 10.4 Å². The van der Waals surface area contributed by atoms with E-state index in [1.54, 1.807) is 13.8 Å². The fraction of sp³-hybridized carbons (Fsp3) is 0.235. The van der Waals surface area contributed by atoms with E-state index in [1.165, 1.54) is 11.3 Å². The molecule has 0 fully saturated rings. The van der Waals surface area contributed by atoms with Crippen molar-refractivity contribution in [2.75, 3.05) is 0 Å². The van der Waals surface area contributed by atoms with Crippen LogP contribution in [0.5, 0.6) is 0 Å². The number of aryl methyl sites for hydroxylation is 1. The van der Waals surface area contributed by atoms with Gasteiger partial charge in [0.05, 0.1) is 6.10 Å². The predicted octanol–water partition coefficient (Wildman–Crippen LogP) is 4.19. The molecule has 4 heteroatoms. The second-order valence-corrected chi connectivity index (χ2v) is 6.38. The molecule has 0 amide bonds. The molecule has 0 saturated carbocycles. The summed E-state index contributed by atoms with van der Waals surface area (Å²) in [5.74, 6) is 0.577. The largest absolute Gasteiger partial charge is 0.454 e. The van der Waals surface area contributed by atoms with E-state index in [4.69, 9.17) is 4.42 Å². The predicted molar refractivity (Wildman–Crippen MR) is 85.9 cm³/mol. The van der Waals surface area contributed by atoms with E-state index in [9.17, 15) is 9.90 Å². The summed E-state index contributed by atoms with van der Waals surface area (Å²) in [4.78, 5) is 13.5. The molecule has 108 valence electrons. The number of thiophene rings is 1. The van der Waals surface area contributed by atoms with E-state index in [0.29, 0.717) is 27.2 Å². The van der Waals surface area contributed by atoms with Crippen molar-refractivity contribution >= 4 is 21.6 Å². The lowest BCUT2D eigenvalue weighted by atomic mass is 10.1. The summed E-state index contributed by atoms with van der Waals surface area (Å²) in [7, 11) is 0. The van der Waals surface area contributed by atoms with Crippen molar-refractivity contribution < 1.29 is 9.52 Å². The van der Waals surface area contributed by atoms with E-state index in [-0.39, 0.29) is 5.43 Å². The highest BCUT2D eigenvalue weighted by atomic mass is 32.1. The Morgan fingerprint density at radius 3 is 2.48 bits per heavy atom. The van der Waals surface area contributed by atoms with Crippen molar-refractivity contribution in [3.05, 3.63) is 56.6 Å². The normalized spacial score (nSPS) is 12.8. The van der Waals surface area contributed by atoms with Gasteiger partial charge in [-0.3, -0.25) is 4.79 Å². The van der Waals surface area contributed by atoms with Gasteiger partial charge in [-0.05, 0) is 20.8 Å². The summed E-state index contributed by atoms with van der Waals surface area (Å²) in [6.45, 7) is 5.38. The quantitative estimate of drug-likeness (QED) is 0.772. The zero-order valence-electron chi connectivity index (χ0n) is 12.1. The highest BCUT2D eigenvalue weighted by Crippen LogP contribution is 2.36. The smallest absolute Gasteiger partial charge is 0.206 e. The van der Waals surface area contributed by atoms with Crippen LogP contribution in [0.4, 0.5) is 0 Å². The summed E-state index contributed by atoms with van der Waals surface area (Å²) in [6, 6.07) is 9.57. The third kappa shape index (κ3) is 2.20. The van der Waals surface area contributed by atoms with Gasteiger partial charge in [0.1, 0.15) is 10.5 Å². The molecule has 1 N–H and O–H groups in total. The first kappa shape index (κ1) is 14.0. The summed E-state index contributed by atoms with van der Waals surface area (Å²) in [5.41, 5.74) is 2.68. The molecule has 2 aromatic heterocycles. The number of rotatable bonds is 2. The average molecular weight is 300 g/mol. The minimum atomic E-state index is -0.659. The summed E-state index contributed by atoms with van der Waals surface area (Å²) < 4.78 is 6.61. The third-order valence-electron chi connectivity index (χ3n) is 3.63. The molecular weight excluding hydrogens is 284 g/mol. The number of hydrogen-bond donors (Lipinski definition) is 1. The molecule has 0 aliphatic rings. The van der Waals surface area contributed by atoms with Crippen molar-refractivity contribution in [3.63, 3.8) is 0 Å². The van der Waals surface area contributed by atoms with E-state index in [1.807, 2.05) is 37.3 Å². The monoisotopic (exact) mass is 300 g/mol. The van der Waals surface area contributed by atoms with Crippen molar-refractivity contribution in [2.24, 2.45) is 0 Å². The second-order valence-electron chi connectivity index (χ2n) is 5.16. The maximum Gasteiger partial charge on any atom is 0.206 e. The lowest BCUT2D eigenvalue weighted by Crippen LogP contribution is -2.06. The van der Waals surface area contributed by atoms with Gasteiger partial charge in [0.25, 0.3) is 0 Å². The fourth-order valence-electron chi connectivity index (χ4n) is 2.59. The standard InChI is InChI=1S/C17H16O3S/c1-9-14(19)17-16(13(10(2)18)11(3)21-17)20-15(9)12-7-5-4-6-8-12/h4-8,10,18H,1-3H3. The van der Waals surface area contributed by atoms with Gasteiger partial charge in [-0.1, -0.05) is 30.3 Å². The van der Waals surface area contributed by atoms with E-state index >= 15 is 0 Å². The zero-order chi connectivity index (χ0) is 15.1. The van der Waals surface area contributed by atoms with Gasteiger partial charge in [-0.25, -0.2) is 0 Å². The third-order valence-corrected chi connectivity index (χ3v) is 4.73. The Morgan fingerprint density at radius 1 is 1.19 bits per heavy atom. The molecule has 2 heterocycles. The van der Waals surface area contributed by atoms with Crippen LogP contribution >= 0.6 is 11.3 Å². The molecule has 1 atom stereocenters. The Kier molecular flexibility index (Phi) is 3.43. The number of hydrogen-bond acceptors (Lipinski definition) is 4. The van der Waals surface area contributed by atoms with Gasteiger partial charge < -0.3 is 9.52 Å². The Balaban J connectivity index is 2.41. The number of fused-ring (bicyclic) bond motifs is 1. The van der Waals surface area contributed by atoms with Gasteiger partial charge in [0.15, 0.2) is 5.58 Å². The van der Waals surface area contributed by atoms with Crippen LogP contribution in [-0.4, -0.2) is 5.11 Å². The van der Waals surface area contributed by atoms with Gasteiger partial charge >= 0.3 is 0 Å². The zero-order valence-corrected chi connectivity index (χ0v) is 13.0. The molecule has 0 aliphatic carbocycles. The SMILES string of the molecule is Cc1sc2c(=O)c(C)c(-c3ccccc3)oc2c1C(C)O. The molecule has 3 nitrogen and oxygen atoms in total. The first-order valence-electron chi connectivity index (χ1n) is 6.81. The molecule has 3 aromatic rings. The van der Waals surface area contributed by atoms with Crippen LogP contribution in [-0.2, 0) is 0 Å². The van der Waals surface area contributed by atoms with Crippen LogP contribution < -0.4 is 5.43 Å². The Hall–Kier alpha value is -1.91. The maximum absolute atomic E-state index is 12.6. The molecule has 0 radical (unpaired) electrons. The van der Waals surface area contributed by atoms with E-state index < -0.39 is 6.10 Å².